The zero-order valence-corrected chi connectivity index (χ0v) is 13.5. The fraction of sp³-hybridized carbons (Fsp3) is 0.684. The number of hydrogen-bond donors (Lipinski definition) is 1. The predicted molar refractivity (Wildman–Crippen MR) is 89.5 cm³/mol. The van der Waals surface area contributed by atoms with Crippen molar-refractivity contribution in [3.05, 3.63) is 35.9 Å². The maximum absolute atomic E-state index is 3.49. The third kappa shape index (κ3) is 4.31. The monoisotopic (exact) mass is 286 g/mol. The Balaban J connectivity index is 1.44. The average molecular weight is 286 g/mol. The lowest BCUT2D eigenvalue weighted by molar-refractivity contribution is 0.0965. The minimum Gasteiger partial charge on any atom is -0.317 e. The van der Waals surface area contributed by atoms with Gasteiger partial charge in [0.05, 0.1) is 0 Å². The molecule has 1 aromatic rings. The van der Waals surface area contributed by atoms with Crippen molar-refractivity contribution in [3.63, 3.8) is 0 Å². The van der Waals surface area contributed by atoms with Crippen LogP contribution in [0.2, 0.25) is 0 Å². The molecule has 0 bridgehead atoms. The summed E-state index contributed by atoms with van der Waals surface area (Å²) in [5, 5.41) is 3.49. The first-order chi connectivity index (χ1) is 10.2. The number of nitrogens with one attached hydrogen (secondary N) is 1. The standard InChI is InChI=1S/C19H30N2/c1-19(9-11-20-12-10-19)16-21-13-7-18(8-14-21)15-17-5-3-2-4-6-17/h2-6,18,20H,7-16H2,1H3. The van der Waals surface area contributed by atoms with Crippen LogP contribution in [-0.2, 0) is 6.42 Å². The van der Waals surface area contributed by atoms with Crippen molar-refractivity contribution in [2.45, 2.75) is 39.0 Å². The molecule has 0 spiro atoms. The van der Waals surface area contributed by atoms with E-state index in [9.17, 15) is 0 Å². The Hall–Kier alpha value is -0.860. The molecule has 0 atom stereocenters. The van der Waals surface area contributed by atoms with Gasteiger partial charge in [0.2, 0.25) is 0 Å². The molecular formula is C19H30N2. The van der Waals surface area contributed by atoms with Crippen LogP contribution in [-0.4, -0.2) is 37.6 Å². The van der Waals surface area contributed by atoms with E-state index in [-0.39, 0.29) is 0 Å². The molecular weight excluding hydrogens is 256 g/mol. The average Bonchev–Trinajstić information content (AvgIpc) is 2.51. The van der Waals surface area contributed by atoms with Crippen LogP contribution in [0.4, 0.5) is 0 Å². The molecule has 3 rings (SSSR count). The van der Waals surface area contributed by atoms with Gasteiger partial charge < -0.3 is 10.2 Å². The molecule has 1 N–H and O–H groups in total. The molecule has 2 aliphatic heterocycles. The summed E-state index contributed by atoms with van der Waals surface area (Å²) in [6.07, 6.45) is 6.72. The molecule has 2 heterocycles. The molecule has 2 heteroatoms. The second kappa shape index (κ2) is 6.93. The Bertz CT molecular complexity index is 414. The van der Waals surface area contributed by atoms with Crippen LogP contribution >= 0.6 is 0 Å². The lowest BCUT2D eigenvalue weighted by atomic mass is 9.79. The third-order valence-corrected chi connectivity index (χ3v) is 5.49. The van der Waals surface area contributed by atoms with E-state index in [4.69, 9.17) is 0 Å². The van der Waals surface area contributed by atoms with Crippen molar-refractivity contribution in [2.75, 3.05) is 32.7 Å². The Morgan fingerprint density at radius 2 is 1.76 bits per heavy atom. The number of nitrogens with zero attached hydrogens (tertiary/aromatic N) is 1. The van der Waals surface area contributed by atoms with E-state index < -0.39 is 0 Å². The summed E-state index contributed by atoms with van der Waals surface area (Å²) in [7, 11) is 0. The normalized spacial score (nSPS) is 24.0. The molecule has 0 radical (unpaired) electrons. The highest BCUT2D eigenvalue weighted by Crippen LogP contribution is 2.31. The van der Waals surface area contributed by atoms with Crippen molar-refractivity contribution in [1.29, 1.82) is 0 Å². The first-order valence-corrected chi connectivity index (χ1v) is 8.71. The Labute approximate surface area is 129 Å². The third-order valence-electron chi connectivity index (χ3n) is 5.49. The quantitative estimate of drug-likeness (QED) is 0.913. The van der Waals surface area contributed by atoms with Crippen molar-refractivity contribution in [1.82, 2.24) is 10.2 Å². The number of benzene rings is 1. The minimum atomic E-state index is 0.553. The molecule has 0 saturated carbocycles. The molecule has 2 nitrogen and oxygen atoms in total. The summed E-state index contributed by atoms with van der Waals surface area (Å²) in [4.78, 5) is 2.73. The van der Waals surface area contributed by atoms with Gasteiger partial charge in [0.25, 0.3) is 0 Å². The lowest BCUT2D eigenvalue weighted by Crippen LogP contribution is -2.45. The predicted octanol–water partition coefficient (Wildman–Crippen LogP) is 3.33. The number of hydrogen-bond acceptors (Lipinski definition) is 2. The number of likely N-dealkylation sites (tertiary alicyclic amines) is 1. The number of rotatable bonds is 4. The van der Waals surface area contributed by atoms with E-state index in [1.54, 1.807) is 0 Å². The fourth-order valence-corrected chi connectivity index (χ4v) is 4.02. The molecule has 0 aromatic heterocycles. The second-order valence-corrected chi connectivity index (χ2v) is 7.47. The van der Waals surface area contributed by atoms with E-state index in [0.29, 0.717) is 5.41 Å². The first kappa shape index (κ1) is 15.1. The molecule has 2 saturated heterocycles. The Morgan fingerprint density at radius 1 is 1.10 bits per heavy atom. The highest BCUT2D eigenvalue weighted by atomic mass is 15.1. The SMILES string of the molecule is CC1(CN2CCC(Cc3ccccc3)CC2)CCNCC1. The highest BCUT2D eigenvalue weighted by molar-refractivity contribution is 5.15. The molecule has 1 aromatic carbocycles. The van der Waals surface area contributed by atoms with Crippen molar-refractivity contribution >= 4 is 0 Å². The largest absolute Gasteiger partial charge is 0.317 e. The Morgan fingerprint density at radius 3 is 2.43 bits per heavy atom. The van der Waals surface area contributed by atoms with Crippen LogP contribution in [0.25, 0.3) is 0 Å². The van der Waals surface area contributed by atoms with Crippen LogP contribution in [0.15, 0.2) is 30.3 Å². The summed E-state index contributed by atoms with van der Waals surface area (Å²) in [5.41, 5.74) is 2.07. The van der Waals surface area contributed by atoms with Crippen LogP contribution < -0.4 is 5.32 Å². The van der Waals surface area contributed by atoms with Crippen LogP contribution in [0.3, 0.4) is 0 Å². The van der Waals surface area contributed by atoms with Gasteiger partial charge in [-0.3, -0.25) is 0 Å². The van der Waals surface area contributed by atoms with Crippen molar-refractivity contribution < 1.29 is 0 Å². The number of piperidine rings is 2. The van der Waals surface area contributed by atoms with Crippen molar-refractivity contribution in [2.24, 2.45) is 11.3 Å². The summed E-state index contributed by atoms with van der Waals surface area (Å²) in [6.45, 7) is 8.83. The molecule has 21 heavy (non-hydrogen) atoms. The van der Waals surface area contributed by atoms with Gasteiger partial charge >= 0.3 is 0 Å². The van der Waals surface area contributed by atoms with Gasteiger partial charge in [0.15, 0.2) is 0 Å². The summed E-state index contributed by atoms with van der Waals surface area (Å²) < 4.78 is 0. The minimum absolute atomic E-state index is 0.553. The van der Waals surface area contributed by atoms with Gasteiger partial charge in [-0.1, -0.05) is 37.3 Å². The topological polar surface area (TPSA) is 15.3 Å². The van der Waals surface area contributed by atoms with Crippen LogP contribution in [0, 0.1) is 11.3 Å². The molecule has 0 amide bonds. The molecule has 116 valence electrons. The maximum Gasteiger partial charge on any atom is 0.00363 e. The van der Waals surface area contributed by atoms with Gasteiger partial charge in [-0.05, 0) is 75.2 Å². The van der Waals surface area contributed by atoms with E-state index in [1.165, 1.54) is 70.4 Å². The Kier molecular flexibility index (Phi) is 4.97. The smallest absolute Gasteiger partial charge is 0.00363 e. The molecule has 2 aliphatic rings. The van der Waals surface area contributed by atoms with Crippen LogP contribution in [0.5, 0.6) is 0 Å². The van der Waals surface area contributed by atoms with E-state index in [0.717, 1.165) is 5.92 Å². The first-order valence-electron chi connectivity index (χ1n) is 8.71. The van der Waals surface area contributed by atoms with E-state index >= 15 is 0 Å². The van der Waals surface area contributed by atoms with E-state index in [2.05, 4.69) is 47.5 Å². The second-order valence-electron chi connectivity index (χ2n) is 7.47. The molecule has 2 fully saturated rings. The summed E-state index contributed by atoms with van der Waals surface area (Å²) >= 11 is 0. The lowest BCUT2D eigenvalue weighted by Gasteiger charge is -2.41. The van der Waals surface area contributed by atoms with Gasteiger partial charge in [0, 0.05) is 6.54 Å². The van der Waals surface area contributed by atoms with Gasteiger partial charge in [-0.2, -0.15) is 0 Å². The molecule has 0 aliphatic carbocycles. The van der Waals surface area contributed by atoms with E-state index in [1.807, 2.05) is 0 Å². The van der Waals surface area contributed by atoms with Gasteiger partial charge in [-0.25, -0.2) is 0 Å². The summed E-state index contributed by atoms with van der Waals surface area (Å²) in [6, 6.07) is 11.0. The zero-order chi connectivity index (χ0) is 14.5. The summed E-state index contributed by atoms with van der Waals surface area (Å²) in [5.74, 6) is 0.893. The molecule has 0 unspecified atom stereocenters. The maximum atomic E-state index is 3.49. The van der Waals surface area contributed by atoms with Gasteiger partial charge in [-0.15, -0.1) is 0 Å². The fourth-order valence-electron chi connectivity index (χ4n) is 4.02. The zero-order valence-electron chi connectivity index (χ0n) is 13.5. The highest BCUT2D eigenvalue weighted by Gasteiger charge is 2.30. The van der Waals surface area contributed by atoms with Crippen molar-refractivity contribution in [3.8, 4) is 0 Å². The van der Waals surface area contributed by atoms with Crippen LogP contribution in [0.1, 0.15) is 38.2 Å². The van der Waals surface area contributed by atoms with Gasteiger partial charge in [0.1, 0.15) is 0 Å².